The lowest BCUT2D eigenvalue weighted by molar-refractivity contribution is -0.687. The number of hydrogen-bond donors (Lipinski definition) is 0. The molecule has 50 heavy (non-hydrogen) atoms. The first-order valence-corrected chi connectivity index (χ1v) is 17.6. The van der Waals surface area contributed by atoms with Gasteiger partial charge in [0.05, 0.1) is 0 Å². The van der Waals surface area contributed by atoms with Crippen molar-refractivity contribution in [3.05, 3.63) is 179 Å². The van der Waals surface area contributed by atoms with Gasteiger partial charge in [-0.15, -0.1) is 0 Å². The molecule has 0 aliphatic rings. The third kappa shape index (κ3) is 5.71. The van der Waals surface area contributed by atoms with Crippen molar-refractivity contribution in [1.82, 2.24) is 9.13 Å². The fraction of sp³-hybridized carbons (Fsp3) is 0.174. The summed E-state index contributed by atoms with van der Waals surface area (Å²) in [6, 6.07) is 36.0. The molecule has 246 valence electrons. The summed E-state index contributed by atoms with van der Waals surface area (Å²) in [5.41, 5.74) is 15.5. The summed E-state index contributed by atoms with van der Waals surface area (Å²) in [5, 5.41) is 5.06. The molecular formula is C46H44N4+2. The van der Waals surface area contributed by atoms with Crippen LogP contribution in [0.5, 0.6) is 0 Å². The Balaban J connectivity index is 1.27. The SMILES string of the molecule is Cc1cc(C)c(-n2cc[n+](Cc3ccc4ccccc4c3-c3c(C[n+]4ccn(-c5c(C)cc(C)cc5C)c4)ccc4ccccc34)c2)c(C)c1. The lowest BCUT2D eigenvalue weighted by Gasteiger charge is -2.18. The first-order chi connectivity index (χ1) is 24.2. The number of nitrogens with zero attached hydrogens (tertiary/aromatic N) is 4. The van der Waals surface area contributed by atoms with Crippen molar-refractivity contribution in [2.75, 3.05) is 0 Å². The minimum Gasteiger partial charge on any atom is -0.232 e. The van der Waals surface area contributed by atoms with Crippen LogP contribution in [-0.2, 0) is 13.1 Å². The highest BCUT2D eigenvalue weighted by atomic mass is 15.1. The molecule has 4 nitrogen and oxygen atoms in total. The van der Waals surface area contributed by atoms with Gasteiger partial charge in [0.1, 0.15) is 49.3 Å². The number of rotatable bonds is 7. The lowest BCUT2D eigenvalue weighted by Crippen LogP contribution is -2.33. The van der Waals surface area contributed by atoms with Crippen LogP contribution in [0.25, 0.3) is 44.0 Å². The average molecular weight is 653 g/mol. The summed E-state index contributed by atoms with van der Waals surface area (Å²) in [6.45, 7) is 14.7. The van der Waals surface area contributed by atoms with Crippen molar-refractivity contribution in [1.29, 1.82) is 0 Å². The summed E-state index contributed by atoms with van der Waals surface area (Å²) in [5.74, 6) is 0. The largest absolute Gasteiger partial charge is 0.249 e. The molecule has 0 bridgehead atoms. The van der Waals surface area contributed by atoms with E-state index in [1.807, 2.05) is 0 Å². The van der Waals surface area contributed by atoms with Gasteiger partial charge in [0, 0.05) is 11.1 Å². The predicted molar refractivity (Wildman–Crippen MR) is 205 cm³/mol. The van der Waals surface area contributed by atoms with Crippen molar-refractivity contribution >= 4 is 21.5 Å². The van der Waals surface area contributed by atoms with Crippen LogP contribution in [-0.4, -0.2) is 9.13 Å². The zero-order valence-electron chi connectivity index (χ0n) is 29.9. The standard InChI is InChI=1S/C46H44N4/c1-31-23-33(3)45(34(4)24-31)49-21-19-47(29-49)27-39-17-15-37-11-7-9-13-41(37)43(39)44-40(18-16-38-12-8-10-14-42(38)44)28-48-20-22-50(30-48)46-35(5)25-32(2)26-36(46)6/h7-26,29-30H,27-28H2,1-6H3/q+2. The monoisotopic (exact) mass is 652 g/mol. The van der Waals surface area contributed by atoms with Gasteiger partial charge in [0.15, 0.2) is 0 Å². The summed E-state index contributed by atoms with van der Waals surface area (Å²) < 4.78 is 9.18. The Bertz CT molecular complexity index is 2340. The molecule has 0 aliphatic heterocycles. The molecule has 0 spiro atoms. The van der Waals surface area contributed by atoms with Crippen LogP contribution in [0.4, 0.5) is 0 Å². The molecule has 8 aromatic rings. The molecule has 0 amide bonds. The van der Waals surface area contributed by atoms with E-state index in [2.05, 4.69) is 194 Å². The fourth-order valence-electron chi connectivity index (χ4n) is 8.28. The first kappa shape index (κ1) is 31.5. The summed E-state index contributed by atoms with van der Waals surface area (Å²) in [6.07, 6.45) is 13.3. The Morgan fingerprint density at radius 2 is 0.840 bits per heavy atom. The van der Waals surface area contributed by atoms with Gasteiger partial charge in [-0.2, -0.15) is 0 Å². The molecule has 6 aromatic carbocycles. The van der Waals surface area contributed by atoms with E-state index in [4.69, 9.17) is 0 Å². The molecule has 8 rings (SSSR count). The molecule has 4 heteroatoms. The minimum absolute atomic E-state index is 0.759. The van der Waals surface area contributed by atoms with E-state index in [0.29, 0.717) is 0 Å². The van der Waals surface area contributed by atoms with Crippen LogP contribution in [0.1, 0.15) is 44.5 Å². The van der Waals surface area contributed by atoms with Crippen molar-refractivity contribution in [3.63, 3.8) is 0 Å². The molecular weight excluding hydrogens is 609 g/mol. The van der Waals surface area contributed by atoms with E-state index in [-0.39, 0.29) is 0 Å². The maximum absolute atomic E-state index is 2.34. The Morgan fingerprint density at radius 3 is 1.24 bits per heavy atom. The lowest BCUT2D eigenvalue weighted by atomic mass is 9.87. The topological polar surface area (TPSA) is 17.6 Å². The molecule has 0 radical (unpaired) electrons. The van der Waals surface area contributed by atoms with Crippen molar-refractivity contribution in [3.8, 4) is 22.5 Å². The maximum Gasteiger partial charge on any atom is 0.249 e. The second-order valence-corrected chi connectivity index (χ2v) is 14.1. The van der Waals surface area contributed by atoms with E-state index in [9.17, 15) is 0 Å². The maximum atomic E-state index is 2.34. The van der Waals surface area contributed by atoms with Crippen LogP contribution in [0.2, 0.25) is 0 Å². The first-order valence-electron chi connectivity index (χ1n) is 17.6. The van der Waals surface area contributed by atoms with E-state index < -0.39 is 0 Å². The van der Waals surface area contributed by atoms with Crippen molar-refractivity contribution in [2.24, 2.45) is 0 Å². The highest BCUT2D eigenvalue weighted by Crippen LogP contribution is 2.39. The predicted octanol–water partition coefficient (Wildman–Crippen LogP) is 9.76. The quantitative estimate of drug-likeness (QED) is 0.153. The minimum atomic E-state index is 0.759. The molecule has 0 fully saturated rings. The normalized spacial score (nSPS) is 11.6. The Kier molecular flexibility index (Phi) is 7.95. The van der Waals surface area contributed by atoms with E-state index in [1.165, 1.54) is 88.6 Å². The van der Waals surface area contributed by atoms with Gasteiger partial charge in [-0.05, 0) is 96.5 Å². The van der Waals surface area contributed by atoms with Gasteiger partial charge in [-0.1, -0.05) is 108 Å². The van der Waals surface area contributed by atoms with E-state index in [0.717, 1.165) is 13.1 Å². The number of fused-ring (bicyclic) bond motifs is 2. The highest BCUT2D eigenvalue weighted by molar-refractivity contribution is 6.07. The fourth-order valence-corrected chi connectivity index (χ4v) is 8.28. The zero-order chi connectivity index (χ0) is 34.5. The molecule has 0 saturated carbocycles. The van der Waals surface area contributed by atoms with E-state index >= 15 is 0 Å². The number of hydrogen-bond acceptors (Lipinski definition) is 0. The van der Waals surface area contributed by atoms with Crippen LogP contribution < -0.4 is 9.13 Å². The number of benzene rings is 6. The van der Waals surface area contributed by atoms with Crippen LogP contribution >= 0.6 is 0 Å². The second-order valence-electron chi connectivity index (χ2n) is 14.1. The molecule has 0 saturated heterocycles. The van der Waals surface area contributed by atoms with Gasteiger partial charge in [0.25, 0.3) is 0 Å². The Hall–Kier alpha value is -5.74. The third-order valence-electron chi connectivity index (χ3n) is 10.2. The summed E-state index contributed by atoms with van der Waals surface area (Å²) in [7, 11) is 0. The van der Waals surface area contributed by atoms with Gasteiger partial charge in [-0.3, -0.25) is 0 Å². The smallest absolute Gasteiger partial charge is 0.232 e. The number of aryl methyl sites for hydroxylation is 6. The molecule has 0 unspecified atom stereocenters. The molecule has 2 aromatic heterocycles. The number of aromatic nitrogens is 4. The van der Waals surface area contributed by atoms with Crippen molar-refractivity contribution in [2.45, 2.75) is 54.6 Å². The Labute approximate surface area is 295 Å². The van der Waals surface area contributed by atoms with E-state index in [1.54, 1.807) is 0 Å². The highest BCUT2D eigenvalue weighted by Gasteiger charge is 2.21. The molecule has 0 N–H and O–H groups in total. The molecule has 0 atom stereocenters. The second kappa shape index (κ2) is 12.6. The van der Waals surface area contributed by atoms with Gasteiger partial charge in [0.2, 0.25) is 12.7 Å². The molecule has 2 heterocycles. The zero-order valence-corrected chi connectivity index (χ0v) is 29.9. The molecule has 0 aliphatic carbocycles. The summed E-state index contributed by atoms with van der Waals surface area (Å²) >= 11 is 0. The van der Waals surface area contributed by atoms with Gasteiger partial charge >= 0.3 is 0 Å². The third-order valence-corrected chi connectivity index (χ3v) is 10.2. The van der Waals surface area contributed by atoms with Crippen molar-refractivity contribution < 1.29 is 9.13 Å². The van der Waals surface area contributed by atoms with Crippen LogP contribution in [0.15, 0.2) is 135 Å². The average Bonchev–Trinajstić information content (AvgIpc) is 3.74. The summed E-state index contributed by atoms with van der Waals surface area (Å²) in [4.78, 5) is 0. The van der Waals surface area contributed by atoms with Gasteiger partial charge in [-0.25, -0.2) is 18.3 Å². The van der Waals surface area contributed by atoms with Crippen LogP contribution in [0, 0.1) is 41.5 Å². The Morgan fingerprint density at radius 1 is 0.460 bits per heavy atom. The van der Waals surface area contributed by atoms with Gasteiger partial charge < -0.3 is 0 Å². The van der Waals surface area contributed by atoms with Crippen LogP contribution in [0.3, 0.4) is 0 Å². The number of imidazole rings is 2.